The number of hydrogen-bond acceptors (Lipinski definition) is 13. The van der Waals surface area contributed by atoms with E-state index in [-0.39, 0.29) is 5.75 Å². The van der Waals surface area contributed by atoms with Crippen molar-refractivity contribution in [3.05, 3.63) is 0 Å². The number of hydrogen-bond donors (Lipinski definition) is 0. The Kier molecular flexibility index (Phi) is 12.5. The molecule has 0 bridgehead atoms. The van der Waals surface area contributed by atoms with Crippen LogP contribution in [0.4, 0.5) is 0 Å². The van der Waals surface area contributed by atoms with Gasteiger partial charge in [-0.2, -0.15) is 0 Å². The van der Waals surface area contributed by atoms with Crippen LogP contribution in [0, 0.1) is 0 Å². The fraction of sp³-hybridized carbons (Fsp3) is 0.696. The average molecular weight is 579 g/mol. The molecule has 1 fully saturated rings. The van der Waals surface area contributed by atoms with Gasteiger partial charge in [0.05, 0.1) is 16.6 Å². The Labute approximate surface area is 227 Å². The normalized spacial score (nSPS) is 21.4. The molecule has 5 unspecified atom stereocenters. The Morgan fingerprint density at radius 2 is 1.26 bits per heavy atom. The highest BCUT2D eigenvalue weighted by Crippen LogP contribution is 2.31. The molecule has 0 aliphatic carbocycles. The Morgan fingerprint density at radius 1 is 0.769 bits per heavy atom. The first-order valence-electron chi connectivity index (χ1n) is 11.7. The molecule has 220 valence electrons. The summed E-state index contributed by atoms with van der Waals surface area (Å²) >= 11 is 0. The lowest BCUT2D eigenvalue weighted by molar-refractivity contribution is -0.205. The molecule has 16 heteroatoms. The quantitative estimate of drug-likeness (QED) is 0.207. The molecule has 0 aromatic rings. The van der Waals surface area contributed by atoms with E-state index in [9.17, 15) is 37.8 Å². The topological polar surface area (TPSA) is 189 Å². The first-order chi connectivity index (χ1) is 18.0. The van der Waals surface area contributed by atoms with Gasteiger partial charge in [0.15, 0.2) is 24.4 Å². The molecule has 1 saturated heterocycles. The molecule has 0 aromatic carbocycles. The molecule has 0 aromatic heterocycles. The number of amides is 2. The molecule has 1 aliphatic heterocycles. The van der Waals surface area contributed by atoms with Crippen LogP contribution in [-0.4, -0.2) is 118 Å². The van der Waals surface area contributed by atoms with E-state index in [1.165, 1.54) is 19.0 Å². The second-order valence-corrected chi connectivity index (χ2v) is 10.4. The van der Waals surface area contributed by atoms with E-state index in [1.807, 2.05) is 0 Å². The van der Waals surface area contributed by atoms with Gasteiger partial charge in [-0.25, -0.2) is 0 Å². The van der Waals surface area contributed by atoms with Gasteiger partial charge in [-0.1, -0.05) is 0 Å². The lowest BCUT2D eigenvalue weighted by Gasteiger charge is -2.39. The molecule has 0 spiro atoms. The third-order valence-corrected chi connectivity index (χ3v) is 6.94. The summed E-state index contributed by atoms with van der Waals surface area (Å²) in [6.45, 7) is 5.44. The largest absolute Gasteiger partial charge is 0.462 e. The first-order valence-corrected chi connectivity index (χ1v) is 13.1. The Hall–Kier alpha value is -3.56. The van der Waals surface area contributed by atoms with E-state index in [4.69, 9.17) is 23.7 Å². The summed E-state index contributed by atoms with van der Waals surface area (Å²) in [6, 6.07) is -1.23. The van der Waals surface area contributed by atoms with Gasteiger partial charge in [0.2, 0.25) is 11.8 Å². The van der Waals surface area contributed by atoms with Crippen LogP contribution in [0.25, 0.3) is 0 Å². The van der Waals surface area contributed by atoms with Crippen LogP contribution in [0.2, 0.25) is 0 Å². The van der Waals surface area contributed by atoms with Gasteiger partial charge in [0.1, 0.15) is 18.0 Å². The zero-order valence-corrected chi connectivity index (χ0v) is 23.8. The van der Waals surface area contributed by atoms with Gasteiger partial charge in [0.25, 0.3) is 0 Å². The number of carbonyl (C=O) groups is 7. The lowest BCUT2D eigenvalue weighted by Crippen LogP contribution is -2.60. The zero-order valence-electron chi connectivity index (χ0n) is 23.0. The molecule has 0 saturated carbocycles. The molecule has 39 heavy (non-hydrogen) atoms. The molecule has 7 atom stereocenters. The summed E-state index contributed by atoms with van der Waals surface area (Å²) in [4.78, 5) is 87.6. The van der Waals surface area contributed by atoms with Crippen LogP contribution in [0.15, 0.2) is 0 Å². The highest BCUT2D eigenvalue weighted by atomic mass is 32.2. The summed E-state index contributed by atoms with van der Waals surface area (Å²) < 4.78 is 39.6. The van der Waals surface area contributed by atoms with Crippen molar-refractivity contribution in [2.45, 2.75) is 77.4 Å². The molecular formula is C23H34N2O13S. The Balaban J connectivity index is 3.84. The SMILES string of the molecule is CC(=O)OCC(OC(C)=O)C(OC(C)=O)C(OC(C)=O)C(OC(C)=O)[C@@H]1N(C(C)=O)[C@H](C(=O)N(C)C)CS1=O. The number of carbonyl (C=O) groups excluding carboxylic acids is 7. The summed E-state index contributed by atoms with van der Waals surface area (Å²) in [7, 11) is 0.787. The molecule has 1 rings (SSSR count). The predicted octanol–water partition coefficient (Wildman–Crippen LogP) is -1.33. The minimum atomic E-state index is -2.07. The molecule has 2 amide bonds. The smallest absolute Gasteiger partial charge is 0.303 e. The summed E-state index contributed by atoms with van der Waals surface area (Å²) in [5.41, 5.74) is 0. The molecule has 15 nitrogen and oxygen atoms in total. The molecule has 1 aliphatic rings. The number of nitrogens with zero attached hydrogens (tertiary/aromatic N) is 2. The van der Waals surface area contributed by atoms with E-state index in [0.717, 1.165) is 46.4 Å². The van der Waals surface area contributed by atoms with E-state index >= 15 is 0 Å². The fourth-order valence-corrected chi connectivity index (χ4v) is 5.85. The van der Waals surface area contributed by atoms with Gasteiger partial charge in [-0.05, 0) is 0 Å². The van der Waals surface area contributed by atoms with Crippen LogP contribution in [0.1, 0.15) is 41.5 Å². The van der Waals surface area contributed by atoms with Crippen molar-refractivity contribution in [2.24, 2.45) is 0 Å². The van der Waals surface area contributed by atoms with Crippen molar-refractivity contribution >= 4 is 52.5 Å². The maximum atomic E-state index is 13.4. The van der Waals surface area contributed by atoms with Crippen molar-refractivity contribution in [1.82, 2.24) is 9.80 Å². The van der Waals surface area contributed by atoms with Crippen molar-refractivity contribution in [1.29, 1.82) is 0 Å². The second-order valence-electron chi connectivity index (χ2n) is 8.79. The van der Waals surface area contributed by atoms with Crippen molar-refractivity contribution in [3.63, 3.8) is 0 Å². The number of ether oxygens (including phenoxy) is 5. The predicted molar refractivity (Wildman–Crippen MR) is 131 cm³/mol. The average Bonchev–Trinajstić information content (AvgIpc) is 3.13. The number of rotatable bonds is 11. The van der Waals surface area contributed by atoms with Crippen LogP contribution in [0.5, 0.6) is 0 Å². The van der Waals surface area contributed by atoms with Crippen LogP contribution < -0.4 is 0 Å². The van der Waals surface area contributed by atoms with Crippen LogP contribution in [-0.2, 0) is 68.0 Å². The minimum absolute atomic E-state index is 0.342. The maximum Gasteiger partial charge on any atom is 0.303 e. The number of likely N-dealkylation sites (N-methyl/N-ethyl adjacent to an activating group) is 1. The highest BCUT2D eigenvalue weighted by Gasteiger charge is 2.56. The second kappa shape index (κ2) is 14.6. The molecular weight excluding hydrogens is 544 g/mol. The molecule has 1 heterocycles. The lowest BCUT2D eigenvalue weighted by atomic mass is 10.0. The summed E-state index contributed by atoms with van der Waals surface area (Å²) in [6.07, 6.45) is -7.03. The monoisotopic (exact) mass is 578 g/mol. The fourth-order valence-electron chi connectivity index (χ4n) is 3.98. The zero-order chi connectivity index (χ0) is 30.2. The molecule has 0 N–H and O–H groups in total. The minimum Gasteiger partial charge on any atom is -0.462 e. The highest BCUT2D eigenvalue weighted by molar-refractivity contribution is 7.86. The number of esters is 5. The van der Waals surface area contributed by atoms with Crippen molar-refractivity contribution in [2.75, 3.05) is 26.5 Å². The Bertz CT molecular complexity index is 1010. The van der Waals surface area contributed by atoms with Crippen molar-refractivity contribution in [3.8, 4) is 0 Å². The molecule has 0 radical (unpaired) electrons. The van der Waals surface area contributed by atoms with E-state index < -0.39 is 94.9 Å². The Morgan fingerprint density at radius 3 is 1.67 bits per heavy atom. The third kappa shape index (κ3) is 9.60. The van der Waals surface area contributed by atoms with Crippen LogP contribution in [0.3, 0.4) is 0 Å². The third-order valence-electron chi connectivity index (χ3n) is 5.26. The van der Waals surface area contributed by atoms with Gasteiger partial charge in [-0.15, -0.1) is 0 Å². The van der Waals surface area contributed by atoms with Gasteiger partial charge < -0.3 is 33.5 Å². The van der Waals surface area contributed by atoms with Gasteiger partial charge in [0, 0.05) is 55.6 Å². The first kappa shape index (κ1) is 33.5. The standard InChI is InChI=1S/C23H34N2O13S/c1-11(26)25-17(22(32)24(7)8)10-39(33)23(25)21(38-16(6)31)20(37-15(5)30)19(36-14(4)29)18(35-13(3)28)9-34-12(2)27/h17-21,23H,9-10H2,1-8H3/t17-,18?,19?,20?,21?,23+,39?/m0/s1. The maximum absolute atomic E-state index is 13.4. The van der Waals surface area contributed by atoms with Crippen molar-refractivity contribution < 1.29 is 61.5 Å². The van der Waals surface area contributed by atoms with E-state index in [0.29, 0.717) is 0 Å². The summed E-state index contributed by atoms with van der Waals surface area (Å²) in [5.74, 6) is -6.24. The summed E-state index contributed by atoms with van der Waals surface area (Å²) in [5, 5.41) is -1.56. The van der Waals surface area contributed by atoms with E-state index in [2.05, 4.69) is 0 Å². The van der Waals surface area contributed by atoms with Crippen LogP contribution >= 0.6 is 0 Å². The van der Waals surface area contributed by atoms with E-state index in [1.54, 1.807) is 0 Å². The van der Waals surface area contributed by atoms with Gasteiger partial charge in [-0.3, -0.25) is 37.8 Å². The van der Waals surface area contributed by atoms with Gasteiger partial charge >= 0.3 is 29.8 Å².